The lowest BCUT2D eigenvalue weighted by Gasteiger charge is -2.02. The zero-order valence-corrected chi connectivity index (χ0v) is 8.64. The van der Waals surface area contributed by atoms with Crippen LogP contribution in [0.15, 0.2) is 11.4 Å². The summed E-state index contributed by atoms with van der Waals surface area (Å²) >= 11 is 1.61. The Balaban J connectivity index is 2.10. The van der Waals surface area contributed by atoms with Gasteiger partial charge in [0.15, 0.2) is 0 Å². The van der Waals surface area contributed by atoms with Crippen LogP contribution in [0.2, 0.25) is 0 Å². The van der Waals surface area contributed by atoms with Crippen molar-refractivity contribution in [1.29, 1.82) is 0 Å². The molecule has 0 aliphatic heterocycles. The van der Waals surface area contributed by atoms with E-state index < -0.39 is 5.97 Å². The van der Waals surface area contributed by atoms with Crippen molar-refractivity contribution in [3.05, 3.63) is 16.3 Å². The maximum Gasteiger partial charge on any atom is 0.303 e. The molecule has 0 amide bonds. The van der Waals surface area contributed by atoms with Crippen molar-refractivity contribution in [2.24, 2.45) is 0 Å². The third kappa shape index (κ3) is 3.76. The van der Waals surface area contributed by atoms with Gasteiger partial charge >= 0.3 is 5.97 Å². The van der Waals surface area contributed by atoms with Gasteiger partial charge in [-0.3, -0.25) is 4.79 Å². The highest BCUT2D eigenvalue weighted by Gasteiger charge is 2.00. The number of carboxylic acids is 1. The van der Waals surface area contributed by atoms with Gasteiger partial charge in [-0.1, -0.05) is 0 Å². The van der Waals surface area contributed by atoms with Crippen molar-refractivity contribution in [2.75, 3.05) is 12.3 Å². The molecule has 0 unspecified atom stereocenters. The molecule has 0 fully saturated rings. The van der Waals surface area contributed by atoms with E-state index in [4.69, 9.17) is 10.8 Å². The van der Waals surface area contributed by atoms with Crippen LogP contribution in [0.4, 0.5) is 5.69 Å². The number of nitrogens with one attached hydrogen (secondary N) is 1. The molecule has 0 radical (unpaired) electrons. The van der Waals surface area contributed by atoms with E-state index in [0.717, 1.165) is 17.1 Å². The molecule has 0 saturated carbocycles. The summed E-state index contributed by atoms with van der Waals surface area (Å²) in [4.78, 5) is 11.3. The Hall–Kier alpha value is -1.07. The number of aliphatic carboxylic acids is 1. The minimum Gasteiger partial charge on any atom is -0.481 e. The first kappa shape index (κ1) is 11.0. The highest BCUT2D eigenvalue weighted by molar-refractivity contribution is 7.10. The number of carbonyl (C=O) groups is 1. The Morgan fingerprint density at radius 1 is 1.64 bits per heavy atom. The molecule has 4 nitrogen and oxygen atoms in total. The van der Waals surface area contributed by atoms with Crippen molar-refractivity contribution >= 4 is 23.0 Å². The van der Waals surface area contributed by atoms with Gasteiger partial charge in [0.05, 0.1) is 0 Å². The summed E-state index contributed by atoms with van der Waals surface area (Å²) in [6.45, 7) is 1.44. The summed E-state index contributed by atoms with van der Waals surface area (Å²) in [6, 6.07) is 1.87. The molecule has 0 aromatic carbocycles. The van der Waals surface area contributed by atoms with Crippen LogP contribution < -0.4 is 11.1 Å². The molecule has 14 heavy (non-hydrogen) atoms. The zero-order valence-electron chi connectivity index (χ0n) is 7.82. The Labute approximate surface area is 86.7 Å². The normalized spacial score (nSPS) is 10.3. The average molecular weight is 214 g/mol. The topological polar surface area (TPSA) is 75.3 Å². The van der Waals surface area contributed by atoms with E-state index >= 15 is 0 Å². The number of hydrogen-bond donors (Lipinski definition) is 3. The number of nitrogen functional groups attached to an aromatic ring is 1. The van der Waals surface area contributed by atoms with E-state index in [-0.39, 0.29) is 6.42 Å². The largest absolute Gasteiger partial charge is 0.481 e. The Morgan fingerprint density at radius 2 is 2.43 bits per heavy atom. The minimum absolute atomic E-state index is 0.215. The fraction of sp³-hybridized carbons (Fsp3) is 0.444. The Morgan fingerprint density at radius 3 is 3.00 bits per heavy atom. The molecular formula is C9H14N2O2S. The van der Waals surface area contributed by atoms with Gasteiger partial charge in [-0.15, -0.1) is 11.3 Å². The fourth-order valence-corrected chi connectivity index (χ4v) is 1.83. The number of nitrogens with two attached hydrogens (primary N) is 1. The number of rotatable bonds is 6. The van der Waals surface area contributed by atoms with Crippen LogP contribution >= 0.6 is 11.3 Å². The number of thiophene rings is 1. The molecule has 0 bridgehead atoms. The molecular weight excluding hydrogens is 200 g/mol. The second kappa shape index (κ2) is 5.62. The van der Waals surface area contributed by atoms with Crippen LogP contribution in [0, 0.1) is 0 Å². The molecule has 5 heteroatoms. The summed E-state index contributed by atoms with van der Waals surface area (Å²) in [6.07, 6.45) is 0.869. The summed E-state index contributed by atoms with van der Waals surface area (Å²) in [5.41, 5.74) is 6.49. The first-order valence-electron chi connectivity index (χ1n) is 4.44. The summed E-state index contributed by atoms with van der Waals surface area (Å²) in [5.74, 6) is -0.748. The van der Waals surface area contributed by atoms with E-state index in [9.17, 15) is 4.79 Å². The first-order chi connectivity index (χ1) is 6.70. The van der Waals surface area contributed by atoms with Gasteiger partial charge in [0, 0.05) is 23.5 Å². The summed E-state index contributed by atoms with van der Waals surface area (Å²) in [7, 11) is 0. The maximum atomic E-state index is 10.2. The summed E-state index contributed by atoms with van der Waals surface area (Å²) in [5, 5.41) is 13.5. The first-order valence-corrected chi connectivity index (χ1v) is 5.32. The van der Waals surface area contributed by atoms with Gasteiger partial charge in [0.2, 0.25) is 0 Å². The molecule has 78 valence electrons. The van der Waals surface area contributed by atoms with Crippen LogP contribution in [0.3, 0.4) is 0 Å². The monoisotopic (exact) mass is 214 g/mol. The lowest BCUT2D eigenvalue weighted by molar-refractivity contribution is -0.137. The van der Waals surface area contributed by atoms with Gasteiger partial charge in [0.1, 0.15) is 0 Å². The Kier molecular flexibility index (Phi) is 4.42. The number of carboxylic acid groups (broad SMARTS) is 1. The lowest BCUT2D eigenvalue weighted by Crippen LogP contribution is -2.15. The average Bonchev–Trinajstić information content (AvgIpc) is 2.51. The zero-order chi connectivity index (χ0) is 10.4. The Bertz CT molecular complexity index is 299. The second-order valence-corrected chi connectivity index (χ2v) is 3.97. The maximum absolute atomic E-state index is 10.2. The lowest BCUT2D eigenvalue weighted by atomic mass is 10.3. The fourth-order valence-electron chi connectivity index (χ4n) is 1.06. The highest BCUT2D eigenvalue weighted by atomic mass is 32.1. The van der Waals surface area contributed by atoms with Crippen molar-refractivity contribution in [1.82, 2.24) is 5.32 Å². The predicted molar refractivity (Wildman–Crippen MR) is 57.3 cm³/mol. The van der Waals surface area contributed by atoms with Crippen molar-refractivity contribution in [3.8, 4) is 0 Å². The third-order valence-corrected chi connectivity index (χ3v) is 2.75. The van der Waals surface area contributed by atoms with Gasteiger partial charge in [-0.2, -0.15) is 0 Å². The predicted octanol–water partition coefficient (Wildman–Crippen LogP) is 1.28. The van der Waals surface area contributed by atoms with Gasteiger partial charge in [-0.05, 0) is 24.4 Å². The summed E-state index contributed by atoms with van der Waals surface area (Å²) < 4.78 is 0. The van der Waals surface area contributed by atoms with Gasteiger partial charge in [-0.25, -0.2) is 0 Å². The number of hydrogen-bond acceptors (Lipinski definition) is 4. The van der Waals surface area contributed by atoms with Crippen molar-refractivity contribution < 1.29 is 9.90 Å². The molecule has 1 heterocycles. The molecule has 1 aromatic rings. The second-order valence-electron chi connectivity index (χ2n) is 2.97. The van der Waals surface area contributed by atoms with E-state index in [1.54, 1.807) is 11.3 Å². The molecule has 0 spiro atoms. The van der Waals surface area contributed by atoms with E-state index in [2.05, 4.69) is 5.32 Å². The standard InChI is InChI=1S/C9H14N2O2S/c10-7-3-5-14-8(7)6-11-4-1-2-9(12)13/h3,5,11H,1-2,4,6,10H2,(H,12,13). The van der Waals surface area contributed by atoms with Crippen LogP contribution in [-0.2, 0) is 11.3 Å². The molecule has 1 aromatic heterocycles. The van der Waals surface area contributed by atoms with E-state index in [1.165, 1.54) is 0 Å². The smallest absolute Gasteiger partial charge is 0.303 e. The van der Waals surface area contributed by atoms with Gasteiger partial charge < -0.3 is 16.2 Å². The molecule has 4 N–H and O–H groups in total. The molecule has 1 rings (SSSR count). The minimum atomic E-state index is -0.748. The van der Waals surface area contributed by atoms with E-state index in [1.807, 2.05) is 11.4 Å². The highest BCUT2D eigenvalue weighted by Crippen LogP contribution is 2.17. The van der Waals surface area contributed by atoms with Crippen LogP contribution in [0.25, 0.3) is 0 Å². The van der Waals surface area contributed by atoms with Crippen LogP contribution in [0.5, 0.6) is 0 Å². The van der Waals surface area contributed by atoms with Gasteiger partial charge in [0.25, 0.3) is 0 Å². The SMILES string of the molecule is Nc1ccsc1CNCCCC(=O)O. The van der Waals surface area contributed by atoms with Crippen LogP contribution in [0.1, 0.15) is 17.7 Å². The molecule has 0 saturated heterocycles. The van der Waals surface area contributed by atoms with Crippen molar-refractivity contribution in [2.45, 2.75) is 19.4 Å². The van der Waals surface area contributed by atoms with E-state index in [0.29, 0.717) is 13.0 Å². The molecule has 0 aliphatic carbocycles. The molecule has 0 atom stereocenters. The van der Waals surface area contributed by atoms with Crippen molar-refractivity contribution in [3.63, 3.8) is 0 Å². The third-order valence-electron chi connectivity index (χ3n) is 1.81. The number of anilines is 1. The quantitative estimate of drug-likeness (QED) is 0.624. The molecule has 0 aliphatic rings. The van der Waals surface area contributed by atoms with Crippen LogP contribution in [-0.4, -0.2) is 17.6 Å².